The largest absolute Gasteiger partial charge is 0.487 e. The Bertz CT molecular complexity index is 1500. The summed E-state index contributed by atoms with van der Waals surface area (Å²) in [6.07, 6.45) is 0.290. The average Bonchev–Trinajstić information content (AvgIpc) is 3.48. The van der Waals surface area contributed by atoms with E-state index in [1.165, 1.54) is 4.90 Å². The molecule has 0 aliphatic carbocycles. The fourth-order valence-electron chi connectivity index (χ4n) is 4.77. The quantitative estimate of drug-likeness (QED) is 0.335. The topological polar surface area (TPSA) is 92.9 Å². The highest BCUT2D eigenvalue weighted by atomic mass is 16.5. The first kappa shape index (κ1) is 25.3. The van der Waals surface area contributed by atoms with Crippen LogP contribution in [0.4, 0.5) is 5.69 Å². The van der Waals surface area contributed by atoms with Crippen molar-refractivity contribution in [2.45, 2.75) is 52.2 Å². The van der Waals surface area contributed by atoms with Gasteiger partial charge in [-0.25, -0.2) is 9.78 Å². The van der Waals surface area contributed by atoms with Gasteiger partial charge in [0.1, 0.15) is 29.9 Å². The van der Waals surface area contributed by atoms with Crippen LogP contribution in [0.3, 0.4) is 0 Å². The Labute approximate surface area is 221 Å². The van der Waals surface area contributed by atoms with Gasteiger partial charge in [-0.05, 0) is 69.2 Å². The summed E-state index contributed by atoms with van der Waals surface area (Å²) >= 11 is 0. The number of aryl methyl sites for hydroxylation is 2. The number of oxazole rings is 1. The maximum absolute atomic E-state index is 13.8. The molecule has 38 heavy (non-hydrogen) atoms. The van der Waals surface area contributed by atoms with Crippen LogP contribution in [0.5, 0.6) is 5.75 Å². The molecule has 0 fully saturated rings. The third-order valence-electron chi connectivity index (χ3n) is 7.14. The number of ether oxygens (including phenoxy) is 1. The zero-order chi connectivity index (χ0) is 27.0. The lowest BCUT2D eigenvalue weighted by Gasteiger charge is -2.32. The van der Waals surface area contributed by atoms with E-state index in [0.717, 1.165) is 22.3 Å². The fourth-order valence-corrected chi connectivity index (χ4v) is 4.77. The first-order valence-electron chi connectivity index (χ1n) is 12.6. The normalized spacial score (nSPS) is 14.8. The van der Waals surface area contributed by atoms with E-state index in [9.17, 15) is 14.7 Å². The van der Waals surface area contributed by atoms with Crippen molar-refractivity contribution in [3.05, 3.63) is 101 Å². The Kier molecular flexibility index (Phi) is 6.53. The Hall–Kier alpha value is -4.39. The van der Waals surface area contributed by atoms with Crippen LogP contribution in [0.1, 0.15) is 42.0 Å². The predicted molar refractivity (Wildman–Crippen MR) is 144 cm³/mol. The van der Waals surface area contributed by atoms with Gasteiger partial charge in [0.2, 0.25) is 11.8 Å². The second-order valence-corrected chi connectivity index (χ2v) is 10.2. The first-order chi connectivity index (χ1) is 18.1. The van der Waals surface area contributed by atoms with Crippen LogP contribution < -0.4 is 9.64 Å². The molecule has 1 aromatic heterocycles. The van der Waals surface area contributed by atoms with Crippen molar-refractivity contribution >= 4 is 17.6 Å². The number of benzene rings is 3. The van der Waals surface area contributed by atoms with Crippen LogP contribution in [0.15, 0.2) is 77.2 Å². The SMILES string of the molecule is Cc1ccc(-c2nc(COc3cccc(C(C)(C)C(=O)N4c5ccccc5C[C@@H]4C(=O)O)c3)c(C)o2)cc1. The van der Waals surface area contributed by atoms with Crippen LogP contribution in [-0.2, 0) is 28.0 Å². The molecule has 7 heteroatoms. The van der Waals surface area contributed by atoms with Gasteiger partial charge >= 0.3 is 5.97 Å². The van der Waals surface area contributed by atoms with Crippen LogP contribution in [0, 0.1) is 13.8 Å². The molecule has 0 saturated heterocycles. The number of carboxylic acids is 1. The van der Waals surface area contributed by atoms with E-state index in [-0.39, 0.29) is 18.9 Å². The number of aliphatic carboxylic acids is 1. The molecular formula is C31H30N2O5. The van der Waals surface area contributed by atoms with E-state index < -0.39 is 17.4 Å². The maximum atomic E-state index is 13.8. The Morgan fingerprint density at radius 1 is 1.05 bits per heavy atom. The molecule has 0 bridgehead atoms. The number of fused-ring (bicyclic) bond motifs is 1. The second-order valence-electron chi connectivity index (χ2n) is 10.2. The van der Waals surface area contributed by atoms with Gasteiger partial charge in [-0.15, -0.1) is 0 Å². The van der Waals surface area contributed by atoms with E-state index in [1.54, 1.807) is 6.07 Å². The van der Waals surface area contributed by atoms with Crippen molar-refractivity contribution in [3.63, 3.8) is 0 Å². The minimum absolute atomic E-state index is 0.208. The number of anilines is 1. The zero-order valence-corrected chi connectivity index (χ0v) is 21.9. The molecule has 0 spiro atoms. The molecule has 1 aliphatic rings. The highest BCUT2D eigenvalue weighted by Gasteiger charge is 2.44. The van der Waals surface area contributed by atoms with Gasteiger partial charge in [0, 0.05) is 17.7 Å². The molecular weight excluding hydrogens is 480 g/mol. The lowest BCUT2D eigenvalue weighted by Crippen LogP contribution is -2.50. The molecule has 1 amide bonds. The lowest BCUT2D eigenvalue weighted by molar-refractivity contribution is -0.140. The standard InChI is InChI=1S/C31H30N2O5/c1-19-12-14-21(15-13-19)28-32-25(20(2)38-28)18-37-24-10-7-9-23(17-24)31(3,4)30(36)33-26-11-6-5-8-22(26)16-27(33)29(34)35/h5-15,17,27H,16,18H2,1-4H3,(H,34,35)/t27-/m1/s1. The summed E-state index contributed by atoms with van der Waals surface area (Å²) in [7, 11) is 0. The molecule has 194 valence electrons. The number of aromatic nitrogens is 1. The number of nitrogens with zero attached hydrogens (tertiary/aromatic N) is 2. The van der Waals surface area contributed by atoms with Crippen molar-refractivity contribution in [1.82, 2.24) is 4.98 Å². The predicted octanol–water partition coefficient (Wildman–Crippen LogP) is 5.86. The summed E-state index contributed by atoms with van der Waals surface area (Å²) in [6.45, 7) is 7.71. The number of hydrogen-bond acceptors (Lipinski definition) is 5. The van der Waals surface area contributed by atoms with Crippen molar-refractivity contribution in [2.24, 2.45) is 0 Å². The average molecular weight is 511 g/mol. The van der Waals surface area contributed by atoms with Gasteiger partial charge in [0.25, 0.3) is 0 Å². The molecule has 7 nitrogen and oxygen atoms in total. The number of carbonyl (C=O) groups is 2. The number of hydrogen-bond donors (Lipinski definition) is 1. The van der Waals surface area contributed by atoms with Crippen LogP contribution >= 0.6 is 0 Å². The molecule has 1 N–H and O–H groups in total. The molecule has 1 atom stereocenters. The molecule has 0 saturated carbocycles. The van der Waals surface area contributed by atoms with E-state index >= 15 is 0 Å². The van der Waals surface area contributed by atoms with E-state index in [4.69, 9.17) is 9.15 Å². The molecule has 3 aromatic carbocycles. The van der Waals surface area contributed by atoms with Crippen LogP contribution in [-0.4, -0.2) is 28.0 Å². The van der Waals surface area contributed by atoms with Crippen LogP contribution in [0.2, 0.25) is 0 Å². The van der Waals surface area contributed by atoms with E-state index in [0.29, 0.717) is 28.8 Å². The molecule has 5 rings (SSSR count). The van der Waals surface area contributed by atoms with Gasteiger partial charge in [0.05, 0.1) is 5.41 Å². The van der Waals surface area contributed by atoms with E-state index in [1.807, 2.05) is 94.4 Å². The maximum Gasteiger partial charge on any atom is 0.327 e. The van der Waals surface area contributed by atoms with Crippen molar-refractivity contribution in [2.75, 3.05) is 4.90 Å². The van der Waals surface area contributed by atoms with Gasteiger partial charge < -0.3 is 14.3 Å². The smallest absolute Gasteiger partial charge is 0.327 e. The molecule has 4 aromatic rings. The minimum Gasteiger partial charge on any atom is -0.487 e. The first-order valence-corrected chi connectivity index (χ1v) is 12.6. The Morgan fingerprint density at radius 2 is 1.79 bits per heavy atom. The number of para-hydroxylation sites is 1. The van der Waals surface area contributed by atoms with Gasteiger partial charge in [-0.2, -0.15) is 0 Å². The van der Waals surface area contributed by atoms with Gasteiger partial charge in [-0.1, -0.05) is 48.0 Å². The molecule has 0 unspecified atom stereocenters. The van der Waals surface area contributed by atoms with Crippen molar-refractivity contribution in [3.8, 4) is 17.2 Å². The zero-order valence-electron chi connectivity index (χ0n) is 21.9. The number of carboxylic acid groups (broad SMARTS) is 1. The molecule has 1 aliphatic heterocycles. The summed E-state index contributed by atoms with van der Waals surface area (Å²) in [5.74, 6) is 0.511. The molecule has 2 heterocycles. The highest BCUT2D eigenvalue weighted by molar-refractivity contribution is 6.06. The Balaban J connectivity index is 1.35. The number of carbonyl (C=O) groups excluding carboxylic acids is 1. The fraction of sp³-hybridized carbons (Fsp3) is 0.258. The summed E-state index contributed by atoms with van der Waals surface area (Å²) in [5, 5.41) is 9.84. The second kappa shape index (κ2) is 9.82. The van der Waals surface area contributed by atoms with Gasteiger partial charge in [-0.3, -0.25) is 9.69 Å². The number of amides is 1. The van der Waals surface area contributed by atoms with Crippen LogP contribution in [0.25, 0.3) is 11.5 Å². The highest BCUT2D eigenvalue weighted by Crippen LogP contribution is 2.37. The van der Waals surface area contributed by atoms with Gasteiger partial charge in [0.15, 0.2) is 0 Å². The third-order valence-corrected chi connectivity index (χ3v) is 7.14. The van der Waals surface area contributed by atoms with Crippen molar-refractivity contribution < 1.29 is 23.8 Å². The van der Waals surface area contributed by atoms with E-state index in [2.05, 4.69) is 4.98 Å². The Morgan fingerprint density at radius 3 is 2.53 bits per heavy atom. The summed E-state index contributed by atoms with van der Waals surface area (Å²) in [5.41, 5.74) is 3.99. The lowest BCUT2D eigenvalue weighted by atomic mass is 9.82. The summed E-state index contributed by atoms with van der Waals surface area (Å²) in [4.78, 5) is 31.9. The summed E-state index contributed by atoms with van der Waals surface area (Å²) in [6, 6.07) is 21.7. The summed E-state index contributed by atoms with van der Waals surface area (Å²) < 4.78 is 11.9. The third kappa shape index (κ3) is 4.67. The monoisotopic (exact) mass is 510 g/mol. The number of rotatable bonds is 7. The van der Waals surface area contributed by atoms with Crippen molar-refractivity contribution in [1.29, 1.82) is 0 Å². The minimum atomic E-state index is -1.02. The molecule has 0 radical (unpaired) electrons.